The lowest BCUT2D eigenvalue weighted by Crippen LogP contribution is -2.30. The van der Waals surface area contributed by atoms with Crippen molar-refractivity contribution in [3.05, 3.63) is 229 Å². The Bertz CT molecular complexity index is 3290. The molecule has 0 saturated heterocycles. The molecule has 0 aliphatic heterocycles. The van der Waals surface area contributed by atoms with Gasteiger partial charge in [0, 0.05) is 39.2 Å². The summed E-state index contributed by atoms with van der Waals surface area (Å²) in [5.41, 5.74) is 14.8. The summed E-state index contributed by atoms with van der Waals surface area (Å²) in [5.74, 6) is 0. The summed E-state index contributed by atoms with van der Waals surface area (Å²) < 4.78 is 6.83. The average molecular weight is 785 g/mol. The fraction of sp³-hybridized carbons (Fsp3) is 0.0690. The number of hydrogen-bond donors (Lipinski definition) is 0. The molecule has 1 unspecified atom stereocenters. The minimum absolute atomic E-state index is 0.153. The van der Waals surface area contributed by atoms with E-state index in [-0.39, 0.29) is 6.04 Å². The van der Waals surface area contributed by atoms with Crippen molar-refractivity contribution < 1.29 is 4.42 Å². The normalized spacial score (nSPS) is 13.9. The van der Waals surface area contributed by atoms with Gasteiger partial charge in [0.1, 0.15) is 11.2 Å². The Balaban J connectivity index is 1.02. The number of furan rings is 1. The molecule has 11 rings (SSSR count). The van der Waals surface area contributed by atoms with Crippen LogP contribution in [-0.4, -0.2) is 6.04 Å². The molecule has 292 valence electrons. The molecule has 3 heteroatoms. The van der Waals surface area contributed by atoms with Crippen LogP contribution in [0.5, 0.6) is 0 Å². The number of anilines is 5. The average Bonchev–Trinajstić information content (AvgIpc) is 3.67. The van der Waals surface area contributed by atoms with E-state index in [1.54, 1.807) is 0 Å². The zero-order valence-electron chi connectivity index (χ0n) is 34.3. The quantitative estimate of drug-likeness (QED) is 0.153. The van der Waals surface area contributed by atoms with E-state index in [9.17, 15) is 0 Å². The molecule has 1 aliphatic rings. The molecule has 0 amide bonds. The van der Waals surface area contributed by atoms with Crippen molar-refractivity contribution in [2.75, 3.05) is 9.80 Å². The molecule has 9 aromatic carbocycles. The standard InChI is InChI=1S/C58H44N2O/c1-39-51-37-57-53(35-45(51)29-31-55(39)59(47-23-11-5-12-24-47)49-27-15-21-43(33-49)41-17-7-3-8-18-41)54-36-46-30-32-56(40(2)52(46)38-58(54)61-57)60(48-25-13-6-14-26-48)50-28-16-22-44(34-50)42-19-9-4-10-20-42/h3-27,29-38,50H,28H2,1-2H3. The maximum Gasteiger partial charge on any atom is 0.136 e. The SMILES string of the molecule is Cc1c(N(c2ccccc2)c2cccc(-c3ccccc3)c2)ccc2cc3c(cc12)oc1cc2c(C)c(N(c4ccccc4)C4C=C(c5ccccc5)C=CC4)ccc2cc13. The van der Waals surface area contributed by atoms with E-state index in [2.05, 4.69) is 236 Å². The van der Waals surface area contributed by atoms with Crippen molar-refractivity contribution in [3.63, 3.8) is 0 Å². The maximum absolute atomic E-state index is 6.83. The number of aryl methyl sites for hydroxylation is 2. The highest BCUT2D eigenvalue weighted by atomic mass is 16.3. The fourth-order valence-corrected chi connectivity index (χ4v) is 9.42. The van der Waals surface area contributed by atoms with E-state index in [4.69, 9.17) is 4.42 Å². The second kappa shape index (κ2) is 15.2. The smallest absolute Gasteiger partial charge is 0.136 e. The zero-order valence-corrected chi connectivity index (χ0v) is 34.3. The minimum atomic E-state index is 0.153. The highest BCUT2D eigenvalue weighted by molar-refractivity contribution is 6.15. The predicted molar refractivity (Wildman–Crippen MR) is 259 cm³/mol. The molecule has 61 heavy (non-hydrogen) atoms. The van der Waals surface area contributed by atoms with Crippen LogP contribution >= 0.6 is 0 Å². The summed E-state index contributed by atoms with van der Waals surface area (Å²) in [7, 11) is 0. The summed E-state index contributed by atoms with van der Waals surface area (Å²) >= 11 is 0. The summed E-state index contributed by atoms with van der Waals surface area (Å²) in [5, 5.41) is 7.04. The highest BCUT2D eigenvalue weighted by Gasteiger charge is 2.24. The van der Waals surface area contributed by atoms with Crippen molar-refractivity contribution in [3.8, 4) is 11.1 Å². The van der Waals surface area contributed by atoms with E-state index in [0.29, 0.717) is 0 Å². The molecule has 1 atom stereocenters. The fourth-order valence-electron chi connectivity index (χ4n) is 9.42. The van der Waals surface area contributed by atoms with Crippen molar-refractivity contribution in [2.24, 2.45) is 0 Å². The Morgan fingerprint density at radius 3 is 1.61 bits per heavy atom. The van der Waals surface area contributed by atoms with Crippen molar-refractivity contribution >= 4 is 77.5 Å². The zero-order chi connectivity index (χ0) is 40.9. The molecule has 1 aliphatic carbocycles. The number of fused-ring (bicyclic) bond motifs is 5. The van der Waals surface area contributed by atoms with Gasteiger partial charge in [0.05, 0.1) is 6.04 Å². The van der Waals surface area contributed by atoms with Gasteiger partial charge in [0.25, 0.3) is 0 Å². The van der Waals surface area contributed by atoms with Crippen LogP contribution in [0.2, 0.25) is 0 Å². The van der Waals surface area contributed by atoms with Gasteiger partial charge in [-0.2, -0.15) is 0 Å². The van der Waals surface area contributed by atoms with Gasteiger partial charge in [-0.15, -0.1) is 0 Å². The van der Waals surface area contributed by atoms with Gasteiger partial charge >= 0.3 is 0 Å². The van der Waals surface area contributed by atoms with Crippen molar-refractivity contribution in [1.82, 2.24) is 0 Å². The van der Waals surface area contributed by atoms with Crippen LogP contribution in [0, 0.1) is 13.8 Å². The Labute approximate surface area is 356 Å². The van der Waals surface area contributed by atoms with Gasteiger partial charge in [-0.1, -0.05) is 140 Å². The molecule has 0 saturated carbocycles. The minimum Gasteiger partial charge on any atom is -0.456 e. The largest absolute Gasteiger partial charge is 0.456 e. The molecular weight excluding hydrogens is 741 g/mol. The molecule has 0 N–H and O–H groups in total. The molecule has 0 spiro atoms. The lowest BCUT2D eigenvalue weighted by atomic mass is 9.94. The Morgan fingerprint density at radius 2 is 0.967 bits per heavy atom. The second-order valence-electron chi connectivity index (χ2n) is 16.1. The third kappa shape index (κ3) is 6.56. The highest BCUT2D eigenvalue weighted by Crippen LogP contribution is 2.44. The number of rotatable bonds is 8. The lowest BCUT2D eigenvalue weighted by Gasteiger charge is -2.35. The van der Waals surface area contributed by atoms with Crippen molar-refractivity contribution in [2.45, 2.75) is 26.3 Å². The van der Waals surface area contributed by atoms with Crippen molar-refractivity contribution in [1.29, 1.82) is 0 Å². The summed E-state index contributed by atoms with van der Waals surface area (Å²) in [6.07, 6.45) is 7.92. The van der Waals surface area contributed by atoms with E-state index < -0.39 is 0 Å². The van der Waals surface area contributed by atoms with E-state index in [1.165, 1.54) is 66.3 Å². The molecule has 0 radical (unpaired) electrons. The first-order chi connectivity index (χ1) is 30.1. The van der Waals surface area contributed by atoms with Gasteiger partial charge in [-0.3, -0.25) is 0 Å². The van der Waals surface area contributed by atoms with Crippen LogP contribution in [0.15, 0.2) is 217 Å². The number of benzene rings is 9. The first-order valence-corrected chi connectivity index (χ1v) is 21.2. The lowest BCUT2D eigenvalue weighted by molar-refractivity contribution is 0.670. The van der Waals surface area contributed by atoms with Gasteiger partial charge in [-0.25, -0.2) is 0 Å². The Hall–Kier alpha value is -7.62. The molecule has 1 aromatic heterocycles. The third-order valence-corrected chi connectivity index (χ3v) is 12.5. The van der Waals surface area contributed by atoms with Gasteiger partial charge < -0.3 is 14.2 Å². The van der Waals surface area contributed by atoms with E-state index >= 15 is 0 Å². The monoisotopic (exact) mass is 784 g/mol. The molecule has 3 nitrogen and oxygen atoms in total. The van der Waals surface area contributed by atoms with Gasteiger partial charge in [-0.05, 0) is 148 Å². The van der Waals surface area contributed by atoms with Crippen LogP contribution < -0.4 is 9.80 Å². The molecule has 1 heterocycles. The van der Waals surface area contributed by atoms with Gasteiger partial charge in [0.15, 0.2) is 0 Å². The molecule has 0 fully saturated rings. The number of hydrogen-bond acceptors (Lipinski definition) is 3. The number of allylic oxidation sites excluding steroid dienone is 2. The first kappa shape index (κ1) is 36.5. The molecule has 0 bridgehead atoms. The van der Waals surface area contributed by atoms with Crippen LogP contribution in [0.1, 0.15) is 23.1 Å². The van der Waals surface area contributed by atoms with Crippen LogP contribution in [0.4, 0.5) is 28.4 Å². The predicted octanol–water partition coefficient (Wildman–Crippen LogP) is 16.2. The third-order valence-electron chi connectivity index (χ3n) is 12.5. The second-order valence-corrected chi connectivity index (χ2v) is 16.1. The van der Waals surface area contributed by atoms with Crippen LogP contribution in [0.3, 0.4) is 0 Å². The Morgan fingerprint density at radius 1 is 0.443 bits per heavy atom. The summed E-state index contributed by atoms with van der Waals surface area (Å²) in [6, 6.07) is 70.0. The first-order valence-electron chi connectivity index (χ1n) is 21.2. The number of para-hydroxylation sites is 2. The topological polar surface area (TPSA) is 19.6 Å². The molecule has 10 aromatic rings. The maximum atomic E-state index is 6.83. The van der Waals surface area contributed by atoms with E-state index in [1.807, 2.05) is 0 Å². The number of nitrogens with zero attached hydrogens (tertiary/aromatic N) is 2. The molecular formula is C58H44N2O. The Kier molecular flexibility index (Phi) is 9.08. The summed E-state index contributed by atoms with van der Waals surface area (Å²) in [6.45, 7) is 4.50. The van der Waals surface area contributed by atoms with Crippen LogP contribution in [-0.2, 0) is 0 Å². The van der Waals surface area contributed by atoms with Gasteiger partial charge in [0.2, 0.25) is 0 Å². The van der Waals surface area contributed by atoms with E-state index in [0.717, 1.165) is 45.4 Å². The van der Waals surface area contributed by atoms with Crippen LogP contribution in [0.25, 0.3) is 60.2 Å². The summed E-state index contributed by atoms with van der Waals surface area (Å²) in [4.78, 5) is 4.88.